The van der Waals surface area contributed by atoms with E-state index in [9.17, 15) is 9.59 Å². The highest BCUT2D eigenvalue weighted by molar-refractivity contribution is 6.06. The van der Waals surface area contributed by atoms with Gasteiger partial charge in [0.15, 0.2) is 11.5 Å². The van der Waals surface area contributed by atoms with Crippen LogP contribution in [0.3, 0.4) is 0 Å². The maximum Gasteiger partial charge on any atom is 0.325 e. The van der Waals surface area contributed by atoms with Gasteiger partial charge in [-0.15, -0.1) is 0 Å². The number of oxazole rings is 1. The molecule has 3 amide bonds. The van der Waals surface area contributed by atoms with Crippen molar-refractivity contribution < 1.29 is 23.5 Å². The maximum absolute atomic E-state index is 13.1. The van der Waals surface area contributed by atoms with Gasteiger partial charge in [0.05, 0.1) is 12.2 Å². The van der Waals surface area contributed by atoms with E-state index in [1.807, 2.05) is 42.5 Å². The minimum absolute atomic E-state index is 0.0394. The molecule has 30 heavy (non-hydrogen) atoms. The summed E-state index contributed by atoms with van der Waals surface area (Å²) in [4.78, 5) is 31.2. The summed E-state index contributed by atoms with van der Waals surface area (Å²) in [6.07, 6.45) is 1.80. The Kier molecular flexibility index (Phi) is 4.20. The summed E-state index contributed by atoms with van der Waals surface area (Å²) >= 11 is 0. The number of nitrogens with zero attached hydrogens (tertiary/aromatic N) is 2. The predicted octanol–water partition coefficient (Wildman–Crippen LogP) is 3.12. The molecule has 2 aromatic carbocycles. The molecule has 8 nitrogen and oxygen atoms in total. The Hall–Kier alpha value is -3.81. The second kappa shape index (κ2) is 6.91. The van der Waals surface area contributed by atoms with Crippen LogP contribution < -0.4 is 14.8 Å². The van der Waals surface area contributed by atoms with Gasteiger partial charge in [-0.25, -0.2) is 9.78 Å². The molecule has 0 spiro atoms. The lowest BCUT2D eigenvalue weighted by Crippen LogP contribution is -2.45. The SMILES string of the molecule is CC1(Cc2ccc3c(c2)OCO3)NC(=O)N(Cc2coc(-c3ccccc3)n2)C1=O. The van der Waals surface area contributed by atoms with Crippen LogP contribution in [0.15, 0.2) is 59.2 Å². The largest absolute Gasteiger partial charge is 0.454 e. The standard InChI is InChI=1S/C22H19N3O5/c1-22(10-14-7-8-17-18(9-14)30-13-29-17)20(26)25(21(27)24-22)11-16-12-28-19(23-16)15-5-3-2-4-6-15/h2-9,12H,10-11,13H2,1H3,(H,24,27). The first kappa shape index (κ1) is 18.2. The molecule has 1 N–H and O–H groups in total. The number of rotatable bonds is 5. The number of benzene rings is 2. The summed E-state index contributed by atoms with van der Waals surface area (Å²) in [6, 6.07) is 14.5. The first-order valence-electron chi connectivity index (χ1n) is 9.54. The third-order valence-corrected chi connectivity index (χ3v) is 5.23. The van der Waals surface area contributed by atoms with Crippen LogP contribution in [0, 0.1) is 0 Å². The van der Waals surface area contributed by atoms with Crippen LogP contribution in [0.5, 0.6) is 11.5 Å². The number of fused-ring (bicyclic) bond motifs is 1. The molecule has 8 heteroatoms. The Morgan fingerprint density at radius 1 is 1.10 bits per heavy atom. The number of aromatic nitrogens is 1. The number of carbonyl (C=O) groups is 2. The molecule has 152 valence electrons. The van der Waals surface area contributed by atoms with Crippen LogP contribution in [0.4, 0.5) is 4.79 Å². The van der Waals surface area contributed by atoms with E-state index in [1.165, 1.54) is 11.2 Å². The fourth-order valence-electron chi connectivity index (χ4n) is 3.72. The molecule has 1 fully saturated rings. The molecule has 2 aliphatic rings. The monoisotopic (exact) mass is 405 g/mol. The fraction of sp³-hybridized carbons (Fsp3) is 0.227. The molecule has 1 unspecified atom stereocenters. The normalized spacial score (nSPS) is 20.0. The van der Waals surface area contributed by atoms with E-state index in [-0.39, 0.29) is 19.2 Å². The van der Waals surface area contributed by atoms with Gasteiger partial charge in [-0.05, 0) is 36.8 Å². The van der Waals surface area contributed by atoms with Crippen molar-refractivity contribution in [2.75, 3.05) is 6.79 Å². The summed E-state index contributed by atoms with van der Waals surface area (Å²) in [5, 5.41) is 2.81. The highest BCUT2D eigenvalue weighted by Gasteiger charge is 2.48. The minimum Gasteiger partial charge on any atom is -0.454 e. The summed E-state index contributed by atoms with van der Waals surface area (Å²) < 4.78 is 16.2. The molecule has 3 heterocycles. The summed E-state index contributed by atoms with van der Waals surface area (Å²) in [5.41, 5.74) is 1.14. The van der Waals surface area contributed by atoms with E-state index in [0.717, 1.165) is 11.1 Å². The van der Waals surface area contributed by atoms with Crippen LogP contribution in [0.2, 0.25) is 0 Å². The van der Waals surface area contributed by atoms with Gasteiger partial charge in [-0.3, -0.25) is 9.69 Å². The summed E-state index contributed by atoms with van der Waals surface area (Å²) in [6.45, 7) is 1.94. The number of hydrogen-bond donors (Lipinski definition) is 1. The second-order valence-corrected chi connectivity index (χ2v) is 7.53. The third kappa shape index (κ3) is 3.16. The Balaban J connectivity index is 1.32. The Labute approximate surface area is 172 Å². The van der Waals surface area contributed by atoms with Crippen molar-refractivity contribution in [3.63, 3.8) is 0 Å². The molecular weight excluding hydrogens is 386 g/mol. The van der Waals surface area contributed by atoms with Crippen LogP contribution in [-0.2, 0) is 17.8 Å². The van der Waals surface area contributed by atoms with Gasteiger partial charge in [-0.1, -0.05) is 24.3 Å². The molecule has 2 aliphatic heterocycles. The van der Waals surface area contributed by atoms with E-state index in [4.69, 9.17) is 13.9 Å². The van der Waals surface area contributed by atoms with Crippen LogP contribution >= 0.6 is 0 Å². The van der Waals surface area contributed by atoms with Crippen LogP contribution in [0.1, 0.15) is 18.2 Å². The molecule has 0 saturated carbocycles. The number of carbonyl (C=O) groups excluding carboxylic acids is 2. The lowest BCUT2D eigenvalue weighted by atomic mass is 9.92. The Bertz CT molecular complexity index is 1130. The van der Waals surface area contributed by atoms with Crippen LogP contribution in [0.25, 0.3) is 11.5 Å². The smallest absolute Gasteiger partial charge is 0.325 e. The zero-order valence-electron chi connectivity index (χ0n) is 16.3. The van der Waals surface area contributed by atoms with Crippen LogP contribution in [-0.4, -0.2) is 34.2 Å². The van der Waals surface area contributed by atoms with Gasteiger partial charge in [0.2, 0.25) is 12.7 Å². The van der Waals surface area contributed by atoms with Crippen molar-refractivity contribution in [1.82, 2.24) is 15.2 Å². The van der Waals surface area contributed by atoms with Crippen molar-refractivity contribution in [1.29, 1.82) is 0 Å². The number of imide groups is 1. The van der Waals surface area contributed by atoms with Gasteiger partial charge in [-0.2, -0.15) is 0 Å². The highest BCUT2D eigenvalue weighted by atomic mass is 16.7. The Morgan fingerprint density at radius 2 is 1.90 bits per heavy atom. The van der Waals surface area contributed by atoms with Crippen molar-refractivity contribution >= 4 is 11.9 Å². The lowest BCUT2D eigenvalue weighted by molar-refractivity contribution is -0.131. The third-order valence-electron chi connectivity index (χ3n) is 5.23. The number of urea groups is 1. The number of nitrogens with one attached hydrogen (secondary N) is 1. The summed E-state index contributed by atoms with van der Waals surface area (Å²) in [7, 11) is 0. The van der Waals surface area contributed by atoms with E-state index >= 15 is 0 Å². The number of ether oxygens (including phenoxy) is 2. The van der Waals surface area contributed by atoms with E-state index in [0.29, 0.717) is 29.5 Å². The van der Waals surface area contributed by atoms with Crippen molar-refractivity contribution in [2.24, 2.45) is 0 Å². The first-order valence-corrected chi connectivity index (χ1v) is 9.54. The molecule has 0 radical (unpaired) electrons. The molecule has 5 rings (SSSR count). The number of hydrogen-bond acceptors (Lipinski definition) is 6. The van der Waals surface area contributed by atoms with Gasteiger partial charge in [0.1, 0.15) is 11.8 Å². The minimum atomic E-state index is -1.06. The zero-order valence-corrected chi connectivity index (χ0v) is 16.3. The molecule has 3 aromatic rings. The molecule has 0 bridgehead atoms. The van der Waals surface area contributed by atoms with Gasteiger partial charge in [0.25, 0.3) is 5.91 Å². The molecular formula is C22H19N3O5. The molecule has 1 aromatic heterocycles. The van der Waals surface area contributed by atoms with E-state index < -0.39 is 11.6 Å². The average Bonchev–Trinajstić information content (AvgIpc) is 3.45. The first-order chi connectivity index (χ1) is 14.5. The van der Waals surface area contributed by atoms with Gasteiger partial charge < -0.3 is 19.2 Å². The second-order valence-electron chi connectivity index (χ2n) is 7.53. The topological polar surface area (TPSA) is 93.9 Å². The highest BCUT2D eigenvalue weighted by Crippen LogP contribution is 2.34. The zero-order chi connectivity index (χ0) is 20.7. The predicted molar refractivity (Wildman–Crippen MR) is 106 cm³/mol. The molecule has 1 atom stereocenters. The van der Waals surface area contributed by atoms with E-state index in [2.05, 4.69) is 10.3 Å². The maximum atomic E-state index is 13.1. The average molecular weight is 405 g/mol. The van der Waals surface area contributed by atoms with Gasteiger partial charge in [0, 0.05) is 12.0 Å². The lowest BCUT2D eigenvalue weighted by Gasteiger charge is -2.21. The van der Waals surface area contributed by atoms with Gasteiger partial charge >= 0.3 is 6.03 Å². The molecule has 0 aliphatic carbocycles. The van der Waals surface area contributed by atoms with Crippen molar-refractivity contribution in [3.05, 3.63) is 66.1 Å². The Morgan fingerprint density at radius 3 is 2.73 bits per heavy atom. The summed E-state index contributed by atoms with van der Waals surface area (Å²) in [5.74, 6) is 1.45. The van der Waals surface area contributed by atoms with E-state index in [1.54, 1.807) is 13.0 Å². The van der Waals surface area contributed by atoms with Crippen molar-refractivity contribution in [3.8, 4) is 23.0 Å². The molecule has 1 saturated heterocycles. The van der Waals surface area contributed by atoms with Crippen molar-refractivity contribution in [2.45, 2.75) is 25.4 Å². The number of amides is 3. The quantitative estimate of drug-likeness (QED) is 0.656. The fourth-order valence-corrected chi connectivity index (χ4v) is 3.72.